The predicted octanol–water partition coefficient (Wildman–Crippen LogP) is 2.30. The molecule has 0 spiro atoms. The summed E-state index contributed by atoms with van der Waals surface area (Å²) >= 11 is 1.13. The number of hydrogen-bond donors (Lipinski definition) is 1. The third-order valence-electron chi connectivity index (χ3n) is 2.94. The average molecular weight is 300 g/mol. The zero-order valence-electron chi connectivity index (χ0n) is 11.2. The van der Waals surface area contributed by atoms with Crippen LogP contribution in [-0.4, -0.2) is 36.6 Å². The second-order valence-corrected chi connectivity index (χ2v) is 5.41. The molecule has 3 rings (SSSR count). The molecule has 0 aliphatic heterocycles. The molecule has 0 saturated carbocycles. The Labute approximate surface area is 124 Å². The Hall–Kier alpha value is -2.41. The molecular formula is C14H12N4O2S. The van der Waals surface area contributed by atoms with Crippen LogP contribution in [0.5, 0.6) is 0 Å². The maximum Gasteiger partial charge on any atom is 0.313 e. The smallest absolute Gasteiger partial charge is 0.313 e. The lowest BCUT2D eigenvalue weighted by molar-refractivity contribution is -0.133. The molecule has 0 bridgehead atoms. The number of aliphatic carboxylic acids is 1. The minimum Gasteiger partial charge on any atom is -0.481 e. The van der Waals surface area contributed by atoms with Gasteiger partial charge in [-0.05, 0) is 19.1 Å². The first kappa shape index (κ1) is 13.6. The van der Waals surface area contributed by atoms with Crippen LogP contribution in [0.1, 0.15) is 5.69 Å². The van der Waals surface area contributed by atoms with Crippen LogP contribution in [0.15, 0.2) is 41.8 Å². The lowest BCUT2D eigenvalue weighted by Crippen LogP contribution is -2.02. The van der Waals surface area contributed by atoms with Crippen LogP contribution in [0, 0.1) is 6.92 Å². The van der Waals surface area contributed by atoms with Gasteiger partial charge in [0.2, 0.25) is 0 Å². The van der Waals surface area contributed by atoms with E-state index in [0.717, 1.165) is 34.0 Å². The van der Waals surface area contributed by atoms with Crippen LogP contribution in [0.2, 0.25) is 0 Å². The van der Waals surface area contributed by atoms with Crippen LogP contribution in [0.25, 0.3) is 16.6 Å². The largest absolute Gasteiger partial charge is 0.481 e. The van der Waals surface area contributed by atoms with Crippen molar-refractivity contribution in [2.24, 2.45) is 0 Å². The van der Waals surface area contributed by atoms with Crippen molar-refractivity contribution in [3.8, 4) is 5.69 Å². The Morgan fingerprint density at radius 3 is 3.00 bits per heavy atom. The van der Waals surface area contributed by atoms with Crippen LogP contribution in [0.4, 0.5) is 0 Å². The Kier molecular flexibility index (Phi) is 3.57. The molecule has 0 atom stereocenters. The molecule has 0 unspecified atom stereocenters. The first-order valence-corrected chi connectivity index (χ1v) is 7.25. The number of thioether (sulfide) groups is 1. The summed E-state index contributed by atoms with van der Waals surface area (Å²) in [7, 11) is 0. The van der Waals surface area contributed by atoms with Crippen LogP contribution in [-0.2, 0) is 4.79 Å². The lowest BCUT2D eigenvalue weighted by Gasteiger charge is -2.09. The molecular weight excluding hydrogens is 288 g/mol. The quantitative estimate of drug-likeness (QED) is 0.745. The summed E-state index contributed by atoms with van der Waals surface area (Å²) in [6, 6.07) is 9.80. The number of hydrogen-bond acceptors (Lipinski definition) is 5. The average Bonchev–Trinajstić information content (AvgIpc) is 2.92. The fourth-order valence-electron chi connectivity index (χ4n) is 2.04. The van der Waals surface area contributed by atoms with Gasteiger partial charge in [-0.2, -0.15) is 0 Å². The minimum absolute atomic E-state index is 0.0596. The molecule has 0 aliphatic carbocycles. The highest BCUT2D eigenvalue weighted by Crippen LogP contribution is 2.25. The number of rotatable bonds is 4. The molecule has 3 aromatic rings. The predicted molar refractivity (Wildman–Crippen MR) is 79.8 cm³/mol. The number of carboxylic acid groups (broad SMARTS) is 1. The Balaban J connectivity index is 2.11. The lowest BCUT2D eigenvalue weighted by atomic mass is 10.2. The highest BCUT2D eigenvalue weighted by atomic mass is 32.2. The van der Waals surface area contributed by atoms with Gasteiger partial charge in [0.05, 0.1) is 17.0 Å². The molecule has 1 N–H and O–H groups in total. The molecule has 6 nitrogen and oxygen atoms in total. The van der Waals surface area contributed by atoms with Crippen molar-refractivity contribution in [2.75, 3.05) is 5.75 Å². The van der Waals surface area contributed by atoms with E-state index in [2.05, 4.69) is 15.2 Å². The summed E-state index contributed by atoms with van der Waals surface area (Å²) in [4.78, 5) is 15.3. The van der Waals surface area contributed by atoms with E-state index in [4.69, 9.17) is 5.11 Å². The topological polar surface area (TPSA) is 80.9 Å². The summed E-state index contributed by atoms with van der Waals surface area (Å²) in [6.45, 7) is 1.93. The molecule has 21 heavy (non-hydrogen) atoms. The minimum atomic E-state index is -0.888. The third kappa shape index (κ3) is 2.73. The van der Waals surface area contributed by atoms with Gasteiger partial charge in [-0.3, -0.25) is 14.3 Å². The monoisotopic (exact) mass is 300 g/mol. The molecule has 2 heterocycles. The number of para-hydroxylation sites is 1. The molecule has 0 amide bonds. The van der Waals surface area contributed by atoms with Gasteiger partial charge in [0, 0.05) is 11.1 Å². The van der Waals surface area contributed by atoms with E-state index in [0.29, 0.717) is 5.16 Å². The highest BCUT2D eigenvalue weighted by Gasteiger charge is 2.12. The Bertz CT molecular complexity index is 816. The summed E-state index contributed by atoms with van der Waals surface area (Å²) in [6.07, 6.45) is 1.57. The molecule has 0 fully saturated rings. The van der Waals surface area contributed by atoms with E-state index in [1.807, 2.05) is 37.3 Å². The number of nitrogens with zero attached hydrogens (tertiary/aromatic N) is 4. The number of fused-ring (bicyclic) bond motifs is 1. The maximum atomic E-state index is 10.7. The van der Waals surface area contributed by atoms with E-state index in [-0.39, 0.29) is 5.75 Å². The maximum absolute atomic E-state index is 10.7. The first-order valence-electron chi connectivity index (χ1n) is 6.26. The van der Waals surface area contributed by atoms with Gasteiger partial charge in [0.15, 0.2) is 5.16 Å². The van der Waals surface area contributed by atoms with Crippen molar-refractivity contribution in [2.45, 2.75) is 12.1 Å². The van der Waals surface area contributed by atoms with Crippen LogP contribution < -0.4 is 0 Å². The van der Waals surface area contributed by atoms with Crippen LogP contribution in [0.3, 0.4) is 0 Å². The summed E-state index contributed by atoms with van der Waals surface area (Å²) < 4.78 is 1.77. The van der Waals surface area contributed by atoms with Gasteiger partial charge < -0.3 is 5.11 Å². The fraction of sp³-hybridized carbons (Fsp3) is 0.143. The Morgan fingerprint density at radius 1 is 1.33 bits per heavy atom. The van der Waals surface area contributed by atoms with E-state index in [1.165, 1.54) is 0 Å². The van der Waals surface area contributed by atoms with Crippen molar-refractivity contribution < 1.29 is 9.90 Å². The second kappa shape index (κ2) is 5.53. The summed E-state index contributed by atoms with van der Waals surface area (Å²) in [5.41, 5.74) is 2.60. The molecule has 0 radical (unpaired) electrons. The zero-order valence-corrected chi connectivity index (χ0v) is 12.0. The van der Waals surface area contributed by atoms with Gasteiger partial charge in [-0.25, -0.2) is 0 Å². The number of benzene rings is 1. The Morgan fingerprint density at radius 2 is 2.19 bits per heavy atom. The number of aryl methyl sites for hydroxylation is 1. The SMILES string of the molecule is Cc1ccc2cccc(-n3cnnc3SCC(=O)O)c2n1. The van der Waals surface area contributed by atoms with Crippen molar-refractivity contribution >= 4 is 28.6 Å². The molecule has 106 valence electrons. The van der Waals surface area contributed by atoms with Gasteiger partial charge in [-0.15, -0.1) is 10.2 Å². The number of aromatic nitrogens is 4. The van der Waals surface area contributed by atoms with E-state index < -0.39 is 5.97 Å². The molecule has 7 heteroatoms. The fourth-order valence-corrected chi connectivity index (χ4v) is 2.68. The summed E-state index contributed by atoms with van der Waals surface area (Å²) in [5.74, 6) is -0.947. The molecule has 0 aliphatic rings. The van der Waals surface area contributed by atoms with Crippen molar-refractivity contribution in [1.29, 1.82) is 0 Å². The van der Waals surface area contributed by atoms with Crippen molar-refractivity contribution in [3.63, 3.8) is 0 Å². The highest BCUT2D eigenvalue weighted by molar-refractivity contribution is 7.99. The third-order valence-corrected chi connectivity index (χ3v) is 3.87. The second-order valence-electron chi connectivity index (χ2n) is 4.47. The van der Waals surface area contributed by atoms with E-state index >= 15 is 0 Å². The van der Waals surface area contributed by atoms with Crippen molar-refractivity contribution in [3.05, 3.63) is 42.4 Å². The van der Waals surface area contributed by atoms with Crippen LogP contribution >= 0.6 is 11.8 Å². The molecule has 2 aromatic heterocycles. The van der Waals surface area contributed by atoms with Crippen molar-refractivity contribution in [1.82, 2.24) is 19.7 Å². The first-order chi connectivity index (χ1) is 10.1. The number of carboxylic acids is 1. The molecule has 0 saturated heterocycles. The summed E-state index contributed by atoms with van der Waals surface area (Å²) in [5, 5.41) is 18.2. The zero-order chi connectivity index (χ0) is 14.8. The normalized spacial score (nSPS) is 10.9. The van der Waals surface area contributed by atoms with Gasteiger partial charge in [-0.1, -0.05) is 30.0 Å². The number of carbonyl (C=O) groups is 1. The van der Waals surface area contributed by atoms with Gasteiger partial charge in [0.1, 0.15) is 6.33 Å². The van der Waals surface area contributed by atoms with E-state index in [9.17, 15) is 4.79 Å². The number of pyridine rings is 1. The van der Waals surface area contributed by atoms with Gasteiger partial charge >= 0.3 is 5.97 Å². The standard InChI is InChI=1S/C14H12N4O2S/c1-9-5-6-10-3-2-4-11(13(10)16-9)18-8-15-17-14(18)21-7-12(19)20/h2-6,8H,7H2,1H3,(H,19,20). The molecule has 1 aromatic carbocycles. The van der Waals surface area contributed by atoms with E-state index in [1.54, 1.807) is 10.9 Å². The van der Waals surface area contributed by atoms with Gasteiger partial charge in [0.25, 0.3) is 0 Å².